The molecule has 0 radical (unpaired) electrons. The van der Waals surface area contributed by atoms with E-state index in [9.17, 15) is 4.79 Å². The van der Waals surface area contributed by atoms with Crippen molar-refractivity contribution in [3.8, 4) is 0 Å². The standard InChI is InChI=1S/C16H28ClN3O/c1-5-7-9-13(8-6-2)19-14-10-18-20(11-12(3)4)16(21)15(14)17/h10,12-13,19H,5-9,11H2,1-4H3. The number of nitrogens with zero attached hydrogens (tertiary/aromatic N) is 2. The van der Waals surface area contributed by atoms with Crippen LogP contribution in [0.1, 0.15) is 59.8 Å². The van der Waals surface area contributed by atoms with Gasteiger partial charge in [-0.25, -0.2) is 4.68 Å². The van der Waals surface area contributed by atoms with Crippen LogP contribution in [0.15, 0.2) is 11.0 Å². The second-order valence-corrected chi connectivity index (χ2v) is 6.40. The van der Waals surface area contributed by atoms with Gasteiger partial charge in [0.1, 0.15) is 5.02 Å². The first-order valence-corrected chi connectivity index (χ1v) is 8.39. The normalized spacial score (nSPS) is 12.7. The Hall–Kier alpha value is -1.03. The van der Waals surface area contributed by atoms with Gasteiger partial charge in [-0.05, 0) is 18.8 Å². The highest BCUT2D eigenvalue weighted by atomic mass is 35.5. The number of halogens is 1. The van der Waals surface area contributed by atoms with E-state index in [1.165, 1.54) is 17.5 Å². The van der Waals surface area contributed by atoms with Crippen LogP contribution in [-0.4, -0.2) is 15.8 Å². The Labute approximate surface area is 132 Å². The minimum absolute atomic E-state index is 0.207. The number of hydrogen-bond acceptors (Lipinski definition) is 3. The highest BCUT2D eigenvalue weighted by molar-refractivity contribution is 6.32. The average Bonchev–Trinajstić information content (AvgIpc) is 2.44. The molecule has 0 spiro atoms. The van der Waals surface area contributed by atoms with Gasteiger partial charge in [0.15, 0.2) is 0 Å². The summed E-state index contributed by atoms with van der Waals surface area (Å²) >= 11 is 6.22. The molecule has 0 aliphatic rings. The van der Waals surface area contributed by atoms with Crippen molar-refractivity contribution in [3.05, 3.63) is 21.6 Å². The zero-order valence-electron chi connectivity index (χ0n) is 13.7. The Kier molecular flexibility index (Phi) is 7.79. The first-order valence-electron chi connectivity index (χ1n) is 8.01. The predicted octanol–water partition coefficient (Wildman–Crippen LogP) is 4.32. The molecule has 120 valence electrons. The van der Waals surface area contributed by atoms with Crippen LogP contribution in [-0.2, 0) is 6.54 Å². The van der Waals surface area contributed by atoms with Crippen molar-refractivity contribution in [1.29, 1.82) is 0 Å². The molecule has 1 unspecified atom stereocenters. The molecule has 1 rings (SSSR count). The van der Waals surface area contributed by atoms with Gasteiger partial charge in [0, 0.05) is 12.6 Å². The minimum atomic E-state index is -0.207. The van der Waals surface area contributed by atoms with Crippen LogP contribution in [0.5, 0.6) is 0 Å². The lowest BCUT2D eigenvalue weighted by atomic mass is 10.1. The molecule has 1 aromatic heterocycles. The maximum absolute atomic E-state index is 12.2. The molecule has 1 atom stereocenters. The van der Waals surface area contributed by atoms with Crippen molar-refractivity contribution in [2.75, 3.05) is 5.32 Å². The van der Waals surface area contributed by atoms with Crippen molar-refractivity contribution >= 4 is 17.3 Å². The summed E-state index contributed by atoms with van der Waals surface area (Å²) in [6.07, 6.45) is 7.30. The van der Waals surface area contributed by atoms with Gasteiger partial charge in [-0.1, -0.05) is 58.6 Å². The van der Waals surface area contributed by atoms with Crippen LogP contribution in [0.2, 0.25) is 5.02 Å². The van der Waals surface area contributed by atoms with Crippen molar-refractivity contribution in [2.24, 2.45) is 5.92 Å². The van der Waals surface area contributed by atoms with Crippen molar-refractivity contribution in [3.63, 3.8) is 0 Å². The fraction of sp³-hybridized carbons (Fsp3) is 0.750. The fourth-order valence-electron chi connectivity index (χ4n) is 2.35. The zero-order valence-corrected chi connectivity index (χ0v) is 14.4. The second-order valence-electron chi connectivity index (χ2n) is 6.03. The van der Waals surface area contributed by atoms with Crippen LogP contribution in [0.4, 0.5) is 5.69 Å². The monoisotopic (exact) mass is 313 g/mol. The maximum Gasteiger partial charge on any atom is 0.287 e. The first kappa shape index (κ1) is 18.0. The molecule has 0 aliphatic carbocycles. The van der Waals surface area contributed by atoms with E-state index in [4.69, 9.17) is 11.6 Å². The Bertz CT molecular complexity index is 485. The highest BCUT2D eigenvalue weighted by Crippen LogP contribution is 2.20. The van der Waals surface area contributed by atoms with Gasteiger partial charge >= 0.3 is 0 Å². The van der Waals surface area contributed by atoms with Crippen LogP contribution in [0, 0.1) is 5.92 Å². The number of anilines is 1. The smallest absolute Gasteiger partial charge is 0.287 e. The number of hydrogen-bond donors (Lipinski definition) is 1. The van der Waals surface area contributed by atoms with Crippen molar-refractivity contribution < 1.29 is 0 Å². The van der Waals surface area contributed by atoms with Crippen LogP contribution in [0.3, 0.4) is 0 Å². The lowest BCUT2D eigenvalue weighted by molar-refractivity contribution is 0.463. The quantitative estimate of drug-likeness (QED) is 0.738. The van der Waals surface area contributed by atoms with E-state index >= 15 is 0 Å². The van der Waals surface area contributed by atoms with Gasteiger partial charge in [-0.15, -0.1) is 0 Å². The number of unbranched alkanes of at least 4 members (excludes halogenated alkanes) is 1. The van der Waals surface area contributed by atoms with Gasteiger partial charge in [0.05, 0.1) is 11.9 Å². The summed E-state index contributed by atoms with van der Waals surface area (Å²) in [7, 11) is 0. The molecule has 1 heterocycles. The molecule has 0 amide bonds. The summed E-state index contributed by atoms with van der Waals surface area (Å²) in [4.78, 5) is 12.2. The summed E-state index contributed by atoms with van der Waals surface area (Å²) < 4.78 is 1.44. The third-order valence-corrected chi connectivity index (χ3v) is 3.79. The van der Waals surface area contributed by atoms with E-state index in [-0.39, 0.29) is 10.6 Å². The van der Waals surface area contributed by atoms with Crippen LogP contribution >= 0.6 is 11.6 Å². The summed E-state index contributed by atoms with van der Waals surface area (Å²) in [5, 5.41) is 7.88. The lowest BCUT2D eigenvalue weighted by Gasteiger charge is -2.20. The lowest BCUT2D eigenvalue weighted by Crippen LogP contribution is -2.28. The van der Waals surface area contributed by atoms with Gasteiger partial charge in [-0.2, -0.15) is 5.10 Å². The van der Waals surface area contributed by atoms with Gasteiger partial charge in [-0.3, -0.25) is 4.79 Å². The molecular weight excluding hydrogens is 286 g/mol. The Morgan fingerprint density at radius 2 is 2.00 bits per heavy atom. The third kappa shape index (κ3) is 5.70. The zero-order chi connectivity index (χ0) is 15.8. The second kappa shape index (κ2) is 9.08. The molecule has 1 N–H and O–H groups in total. The van der Waals surface area contributed by atoms with E-state index in [2.05, 4.69) is 38.1 Å². The van der Waals surface area contributed by atoms with Crippen LogP contribution in [0.25, 0.3) is 0 Å². The van der Waals surface area contributed by atoms with E-state index in [0.717, 1.165) is 19.3 Å². The molecule has 0 saturated heterocycles. The van der Waals surface area contributed by atoms with Crippen molar-refractivity contribution in [2.45, 2.75) is 72.4 Å². The minimum Gasteiger partial charge on any atom is -0.380 e. The molecule has 0 aromatic carbocycles. The van der Waals surface area contributed by atoms with Gasteiger partial charge in [0.25, 0.3) is 5.56 Å². The molecule has 0 bridgehead atoms. The summed E-state index contributed by atoms with van der Waals surface area (Å²) in [5.74, 6) is 0.363. The fourth-order valence-corrected chi connectivity index (χ4v) is 2.55. The predicted molar refractivity (Wildman–Crippen MR) is 90.2 cm³/mol. The Balaban J connectivity index is 2.87. The molecular formula is C16H28ClN3O. The van der Waals surface area contributed by atoms with E-state index in [1.54, 1.807) is 6.20 Å². The summed E-state index contributed by atoms with van der Waals surface area (Å²) in [6.45, 7) is 9.05. The molecule has 0 aliphatic heterocycles. The van der Waals surface area contributed by atoms with E-state index in [1.807, 2.05) is 0 Å². The van der Waals surface area contributed by atoms with Gasteiger partial charge < -0.3 is 5.32 Å². The SMILES string of the molecule is CCCCC(CCC)Nc1cnn(CC(C)C)c(=O)c1Cl. The Morgan fingerprint density at radius 3 is 2.57 bits per heavy atom. The average molecular weight is 314 g/mol. The number of rotatable bonds is 9. The molecule has 1 aromatic rings. The van der Waals surface area contributed by atoms with E-state index < -0.39 is 0 Å². The Morgan fingerprint density at radius 1 is 1.29 bits per heavy atom. The van der Waals surface area contributed by atoms with E-state index in [0.29, 0.717) is 24.2 Å². The summed E-state index contributed by atoms with van der Waals surface area (Å²) in [6, 6.07) is 0.356. The van der Waals surface area contributed by atoms with Crippen molar-refractivity contribution in [1.82, 2.24) is 9.78 Å². The number of nitrogens with one attached hydrogen (secondary N) is 1. The first-order chi connectivity index (χ1) is 9.99. The number of aromatic nitrogens is 2. The summed E-state index contributed by atoms with van der Waals surface area (Å²) in [5.41, 5.74) is 0.456. The largest absolute Gasteiger partial charge is 0.380 e. The molecule has 0 saturated carbocycles. The maximum atomic E-state index is 12.2. The molecule has 0 fully saturated rings. The molecule has 5 heteroatoms. The molecule has 4 nitrogen and oxygen atoms in total. The van der Waals surface area contributed by atoms with Gasteiger partial charge in [0.2, 0.25) is 0 Å². The highest BCUT2D eigenvalue weighted by Gasteiger charge is 2.14. The topological polar surface area (TPSA) is 46.9 Å². The third-order valence-electron chi connectivity index (χ3n) is 3.43. The van der Waals surface area contributed by atoms with Crippen LogP contribution < -0.4 is 10.9 Å². The molecule has 21 heavy (non-hydrogen) atoms.